The average molecular weight is 320 g/mol. The summed E-state index contributed by atoms with van der Waals surface area (Å²) in [6, 6.07) is 4.93. The van der Waals surface area contributed by atoms with Crippen LogP contribution < -0.4 is 25.6 Å². The molecule has 126 valence electrons. The number of rotatable bonds is 8. The van der Waals surface area contributed by atoms with Crippen LogP contribution >= 0.6 is 0 Å². The first-order chi connectivity index (χ1) is 11.2. The van der Waals surface area contributed by atoms with Crippen molar-refractivity contribution in [2.75, 3.05) is 44.7 Å². The van der Waals surface area contributed by atoms with Gasteiger partial charge in [0, 0.05) is 31.7 Å². The third-order valence-corrected chi connectivity index (χ3v) is 3.60. The van der Waals surface area contributed by atoms with Crippen LogP contribution in [0, 0.1) is 0 Å². The Balaban J connectivity index is 2.05. The highest BCUT2D eigenvalue weighted by Gasteiger charge is 2.25. The number of urea groups is 1. The second-order valence-electron chi connectivity index (χ2n) is 5.28. The van der Waals surface area contributed by atoms with Crippen LogP contribution in [0.5, 0.6) is 5.75 Å². The van der Waals surface area contributed by atoms with E-state index in [1.54, 1.807) is 30.2 Å². The van der Waals surface area contributed by atoms with Crippen LogP contribution in [0.3, 0.4) is 0 Å². The molecule has 1 aromatic rings. The minimum absolute atomic E-state index is 0.160. The van der Waals surface area contributed by atoms with E-state index in [1.165, 1.54) is 0 Å². The summed E-state index contributed by atoms with van der Waals surface area (Å²) < 4.78 is 5.30. The number of hydrogen-bond donors (Lipinski definition) is 3. The maximum atomic E-state index is 12.2. The van der Waals surface area contributed by atoms with Crippen molar-refractivity contribution in [3.05, 3.63) is 23.8 Å². The molecule has 0 spiro atoms. The first-order valence-corrected chi connectivity index (χ1v) is 7.89. The van der Waals surface area contributed by atoms with Gasteiger partial charge in [0.2, 0.25) is 0 Å². The Hall–Kier alpha value is -2.28. The molecule has 0 unspecified atom stereocenters. The number of carbonyl (C=O) groups is 2. The molecule has 2 rings (SSSR count). The first-order valence-electron chi connectivity index (χ1n) is 7.89. The summed E-state index contributed by atoms with van der Waals surface area (Å²) in [5.74, 6) is 0.412. The lowest BCUT2D eigenvalue weighted by molar-refractivity contribution is 0.0954. The van der Waals surface area contributed by atoms with Gasteiger partial charge in [-0.15, -0.1) is 0 Å². The zero-order valence-electron chi connectivity index (χ0n) is 13.6. The molecule has 3 N–H and O–H groups in total. The fourth-order valence-corrected chi connectivity index (χ4v) is 2.41. The third kappa shape index (κ3) is 4.35. The molecule has 1 heterocycles. The molecule has 1 fully saturated rings. The van der Waals surface area contributed by atoms with Gasteiger partial charge < -0.3 is 20.7 Å². The number of benzene rings is 1. The molecule has 0 radical (unpaired) electrons. The van der Waals surface area contributed by atoms with Gasteiger partial charge in [-0.2, -0.15) is 0 Å². The van der Waals surface area contributed by atoms with Gasteiger partial charge in [-0.1, -0.05) is 6.92 Å². The highest BCUT2D eigenvalue weighted by molar-refractivity contribution is 5.99. The summed E-state index contributed by atoms with van der Waals surface area (Å²) in [4.78, 5) is 25.7. The average Bonchev–Trinajstić information content (AvgIpc) is 2.99. The van der Waals surface area contributed by atoms with Crippen LogP contribution in [0.4, 0.5) is 10.5 Å². The van der Waals surface area contributed by atoms with Crippen LogP contribution in [0.15, 0.2) is 18.2 Å². The Morgan fingerprint density at radius 1 is 1.35 bits per heavy atom. The topological polar surface area (TPSA) is 82.7 Å². The molecular formula is C16H24N4O3. The van der Waals surface area contributed by atoms with Crippen molar-refractivity contribution in [1.29, 1.82) is 0 Å². The van der Waals surface area contributed by atoms with E-state index in [4.69, 9.17) is 4.74 Å². The van der Waals surface area contributed by atoms with Crippen molar-refractivity contribution in [2.45, 2.75) is 13.3 Å². The highest BCUT2D eigenvalue weighted by atomic mass is 16.5. The van der Waals surface area contributed by atoms with Gasteiger partial charge in [-0.25, -0.2) is 4.79 Å². The highest BCUT2D eigenvalue weighted by Crippen LogP contribution is 2.30. The molecule has 7 heteroatoms. The minimum atomic E-state index is -0.176. The van der Waals surface area contributed by atoms with Crippen molar-refractivity contribution < 1.29 is 14.3 Å². The van der Waals surface area contributed by atoms with Crippen LogP contribution in [-0.2, 0) is 0 Å². The van der Waals surface area contributed by atoms with E-state index in [0.29, 0.717) is 36.6 Å². The zero-order chi connectivity index (χ0) is 16.7. The molecule has 3 amide bonds. The summed E-state index contributed by atoms with van der Waals surface area (Å²) in [6.45, 7) is 5.47. The molecule has 0 aromatic heterocycles. The molecule has 7 nitrogen and oxygen atoms in total. The van der Waals surface area contributed by atoms with Gasteiger partial charge in [0.05, 0.1) is 12.8 Å². The molecule has 0 atom stereocenters. The molecule has 23 heavy (non-hydrogen) atoms. The summed E-state index contributed by atoms with van der Waals surface area (Å²) in [5.41, 5.74) is 1.12. The second-order valence-corrected chi connectivity index (χ2v) is 5.28. The molecule has 1 saturated heterocycles. The van der Waals surface area contributed by atoms with E-state index in [2.05, 4.69) is 22.9 Å². The van der Waals surface area contributed by atoms with Gasteiger partial charge in [-0.05, 0) is 31.2 Å². The molecule has 0 bridgehead atoms. The normalized spacial score (nSPS) is 13.8. The van der Waals surface area contributed by atoms with E-state index < -0.39 is 0 Å². The first kappa shape index (κ1) is 17.1. The third-order valence-electron chi connectivity index (χ3n) is 3.60. The number of nitrogens with one attached hydrogen (secondary N) is 3. The van der Waals surface area contributed by atoms with E-state index in [9.17, 15) is 9.59 Å². The largest absolute Gasteiger partial charge is 0.495 e. The summed E-state index contributed by atoms with van der Waals surface area (Å²) >= 11 is 0. The van der Waals surface area contributed by atoms with Crippen LogP contribution in [0.2, 0.25) is 0 Å². The van der Waals surface area contributed by atoms with Crippen molar-refractivity contribution in [3.8, 4) is 5.75 Å². The quantitative estimate of drug-likeness (QED) is 0.623. The fraction of sp³-hybridized carbons (Fsp3) is 0.500. The van der Waals surface area contributed by atoms with Gasteiger partial charge in [0.25, 0.3) is 5.91 Å². The minimum Gasteiger partial charge on any atom is -0.495 e. The molecule has 0 aliphatic carbocycles. The number of amides is 3. The maximum Gasteiger partial charge on any atom is 0.322 e. The van der Waals surface area contributed by atoms with Crippen LogP contribution in [0.25, 0.3) is 0 Å². The van der Waals surface area contributed by atoms with Crippen molar-refractivity contribution in [3.63, 3.8) is 0 Å². The van der Waals surface area contributed by atoms with Gasteiger partial charge in [0.1, 0.15) is 5.75 Å². The standard InChI is InChI=1S/C16H24N4O3/c1-3-6-17-7-8-18-15(21)12-4-5-14(23-2)13(11-12)20-10-9-19-16(20)22/h4-5,11,17H,3,6-10H2,1-2H3,(H,18,21)(H,19,22). The second kappa shape index (κ2) is 8.38. The van der Waals surface area contributed by atoms with Gasteiger partial charge >= 0.3 is 6.03 Å². The number of nitrogens with zero attached hydrogens (tertiary/aromatic N) is 1. The Labute approximate surface area is 136 Å². The van der Waals surface area contributed by atoms with Crippen molar-refractivity contribution in [2.24, 2.45) is 0 Å². The van der Waals surface area contributed by atoms with Crippen LogP contribution in [-0.4, -0.2) is 51.8 Å². The van der Waals surface area contributed by atoms with Crippen molar-refractivity contribution >= 4 is 17.6 Å². The Kier molecular flexibility index (Phi) is 6.22. The smallest absolute Gasteiger partial charge is 0.322 e. The van der Waals surface area contributed by atoms with E-state index in [-0.39, 0.29) is 11.9 Å². The number of hydrogen-bond acceptors (Lipinski definition) is 4. The molecule has 1 aliphatic heterocycles. The van der Waals surface area contributed by atoms with Gasteiger partial charge in [0.15, 0.2) is 0 Å². The Bertz CT molecular complexity index is 562. The van der Waals surface area contributed by atoms with E-state index in [0.717, 1.165) is 19.5 Å². The number of ether oxygens (including phenoxy) is 1. The fourth-order valence-electron chi connectivity index (χ4n) is 2.41. The predicted molar refractivity (Wildman–Crippen MR) is 89.2 cm³/mol. The maximum absolute atomic E-state index is 12.2. The summed E-state index contributed by atoms with van der Waals surface area (Å²) in [6.07, 6.45) is 1.06. The summed E-state index contributed by atoms with van der Waals surface area (Å²) in [7, 11) is 1.55. The van der Waals surface area contributed by atoms with E-state index in [1.807, 2.05) is 0 Å². The number of anilines is 1. The number of methoxy groups -OCH3 is 1. The monoisotopic (exact) mass is 320 g/mol. The van der Waals surface area contributed by atoms with Gasteiger partial charge in [-0.3, -0.25) is 9.69 Å². The molecule has 1 aliphatic rings. The van der Waals surface area contributed by atoms with E-state index >= 15 is 0 Å². The number of carbonyl (C=O) groups excluding carboxylic acids is 2. The molecular weight excluding hydrogens is 296 g/mol. The lowest BCUT2D eigenvalue weighted by Gasteiger charge is -2.18. The molecule has 1 aromatic carbocycles. The van der Waals surface area contributed by atoms with Crippen LogP contribution in [0.1, 0.15) is 23.7 Å². The lowest BCUT2D eigenvalue weighted by Crippen LogP contribution is -2.32. The SMILES string of the molecule is CCCNCCNC(=O)c1ccc(OC)c(N2CCNC2=O)c1. The lowest BCUT2D eigenvalue weighted by atomic mass is 10.1. The predicted octanol–water partition coefficient (Wildman–Crippen LogP) is 0.954. The zero-order valence-corrected chi connectivity index (χ0v) is 13.6. The Morgan fingerprint density at radius 3 is 2.83 bits per heavy atom. The molecule has 0 saturated carbocycles. The van der Waals surface area contributed by atoms with Crippen molar-refractivity contribution in [1.82, 2.24) is 16.0 Å². The Morgan fingerprint density at radius 2 is 2.17 bits per heavy atom. The summed E-state index contributed by atoms with van der Waals surface area (Å²) in [5, 5.41) is 8.83.